The summed E-state index contributed by atoms with van der Waals surface area (Å²) in [6.45, 7) is 4.10. The van der Waals surface area contributed by atoms with Crippen LogP contribution in [0, 0.1) is 0 Å². The molecule has 2 unspecified atom stereocenters. The predicted molar refractivity (Wildman–Crippen MR) is 103 cm³/mol. The Labute approximate surface area is 151 Å². The molecular weight excluding hydrogens is 401 g/mol. The summed E-state index contributed by atoms with van der Waals surface area (Å²) in [6.07, 6.45) is 0. The van der Waals surface area contributed by atoms with Crippen LogP contribution in [0.25, 0.3) is 0 Å². The van der Waals surface area contributed by atoms with Gasteiger partial charge in [-0.2, -0.15) is 0 Å². The van der Waals surface area contributed by atoms with Gasteiger partial charge in [0.2, 0.25) is 0 Å². The number of hydrogen-bond donors (Lipinski definition) is 0. The van der Waals surface area contributed by atoms with E-state index < -0.39 is 17.6 Å². The normalized spacial score (nSPS) is 15.8. The van der Waals surface area contributed by atoms with Crippen molar-refractivity contribution < 1.29 is 26.6 Å². The Balaban J connectivity index is 4.32. The van der Waals surface area contributed by atoms with Crippen LogP contribution >= 0.6 is 41.2 Å². The minimum Gasteiger partial charge on any atom is -0.376 e. The summed E-state index contributed by atoms with van der Waals surface area (Å²) in [4.78, 5) is 0.241. The van der Waals surface area contributed by atoms with Crippen molar-refractivity contribution in [3.05, 3.63) is 0 Å². The van der Waals surface area contributed by atoms with Crippen molar-refractivity contribution in [3.8, 4) is 0 Å². The first-order valence-electron chi connectivity index (χ1n) is 6.38. The summed E-state index contributed by atoms with van der Waals surface area (Å²) in [5, 5.41) is 0. The molecule has 0 fully saturated rings. The lowest BCUT2D eigenvalue weighted by Crippen LogP contribution is -2.51. The fourth-order valence-corrected chi connectivity index (χ4v) is 17.3. The highest BCUT2D eigenvalue weighted by molar-refractivity contribution is 9.26. The molecule has 0 aliphatic carbocycles. The van der Waals surface area contributed by atoms with E-state index in [1.54, 1.807) is 83.9 Å². The van der Waals surface area contributed by atoms with Crippen molar-refractivity contribution in [2.45, 2.75) is 23.6 Å². The van der Waals surface area contributed by atoms with Gasteiger partial charge in [-0.1, -0.05) is 21.6 Å². The lowest BCUT2D eigenvalue weighted by atomic mass is 11.0. The van der Waals surface area contributed by atoms with E-state index in [0.717, 1.165) is 0 Å². The van der Waals surface area contributed by atoms with Gasteiger partial charge >= 0.3 is 17.6 Å². The lowest BCUT2D eigenvalue weighted by Gasteiger charge is -2.30. The summed E-state index contributed by atoms with van der Waals surface area (Å²) >= 11 is 0. The van der Waals surface area contributed by atoms with Crippen molar-refractivity contribution in [2.75, 3.05) is 42.7 Å². The third kappa shape index (κ3) is 6.15. The van der Waals surface area contributed by atoms with Crippen molar-refractivity contribution >= 4 is 58.8 Å². The van der Waals surface area contributed by atoms with Gasteiger partial charge < -0.3 is 26.6 Å². The first-order valence-corrected chi connectivity index (χ1v) is 14.9. The molecule has 0 amide bonds. The number of hydrogen-bond acceptors (Lipinski definition) is 10. The Bertz CT molecular complexity index is 252. The Morgan fingerprint density at radius 3 is 0.955 bits per heavy atom. The van der Waals surface area contributed by atoms with Gasteiger partial charge in [0.1, 0.15) is 0 Å². The predicted octanol–water partition coefficient (Wildman–Crippen LogP) is 3.28. The smallest absolute Gasteiger partial charge is 0.376 e. The van der Waals surface area contributed by atoms with Crippen LogP contribution < -0.4 is 0 Å². The third-order valence-corrected chi connectivity index (χ3v) is 18.5. The van der Waals surface area contributed by atoms with Crippen LogP contribution in [0.5, 0.6) is 0 Å². The second kappa shape index (κ2) is 12.0. The molecule has 0 bridgehead atoms. The van der Waals surface area contributed by atoms with Gasteiger partial charge in [0, 0.05) is 42.7 Å². The molecule has 0 aliphatic rings. The van der Waals surface area contributed by atoms with E-state index in [0.29, 0.717) is 0 Å². The van der Waals surface area contributed by atoms with Crippen molar-refractivity contribution in [3.63, 3.8) is 0 Å². The largest absolute Gasteiger partial charge is 0.514 e. The molecule has 0 heterocycles. The zero-order valence-electron chi connectivity index (χ0n) is 14.2. The summed E-state index contributed by atoms with van der Waals surface area (Å²) in [5.74, 6) is 0. The monoisotopic (exact) mass is 426 g/mol. The number of rotatable bonds is 13. The minimum atomic E-state index is -2.60. The zero-order chi connectivity index (χ0) is 17.2. The lowest BCUT2D eigenvalue weighted by molar-refractivity contribution is 0.122. The van der Waals surface area contributed by atoms with Gasteiger partial charge in [-0.25, -0.2) is 0 Å². The van der Waals surface area contributed by atoms with Gasteiger partial charge in [0.05, 0.1) is 9.75 Å². The molecule has 2 atom stereocenters. The Kier molecular flexibility index (Phi) is 12.9. The van der Waals surface area contributed by atoms with E-state index in [4.69, 9.17) is 26.6 Å². The second-order valence-electron chi connectivity index (χ2n) is 4.04. The zero-order valence-corrected chi connectivity index (χ0v) is 19.5. The first-order chi connectivity index (χ1) is 10.4. The van der Waals surface area contributed by atoms with Gasteiger partial charge in [0.15, 0.2) is 0 Å². The van der Waals surface area contributed by atoms with Crippen LogP contribution in [-0.2, 0) is 26.6 Å². The molecule has 0 N–H and O–H groups in total. The highest BCUT2D eigenvalue weighted by Gasteiger charge is 2.47. The topological polar surface area (TPSA) is 55.4 Å². The minimum absolute atomic E-state index is 0.121. The average molecular weight is 427 g/mol. The third-order valence-electron chi connectivity index (χ3n) is 3.10. The summed E-state index contributed by atoms with van der Waals surface area (Å²) < 4.78 is 32.8. The fourth-order valence-electron chi connectivity index (χ4n) is 1.76. The molecule has 0 aromatic carbocycles. The van der Waals surface area contributed by atoms with E-state index in [2.05, 4.69) is 0 Å². The van der Waals surface area contributed by atoms with Crippen LogP contribution in [0.15, 0.2) is 0 Å². The molecule has 134 valence electrons. The summed E-state index contributed by atoms with van der Waals surface area (Å²) in [5.41, 5.74) is 0. The van der Waals surface area contributed by atoms with Gasteiger partial charge in [-0.3, -0.25) is 0 Å². The quantitative estimate of drug-likeness (QED) is 0.249. The summed E-state index contributed by atoms with van der Waals surface area (Å²) in [7, 11) is 11.2. The van der Waals surface area contributed by atoms with Crippen LogP contribution in [0.1, 0.15) is 13.8 Å². The van der Waals surface area contributed by atoms with Crippen molar-refractivity contribution in [1.29, 1.82) is 0 Å². The fraction of sp³-hybridized carbons (Fsp3) is 1.00. The Hall–Kier alpha value is 1.59. The van der Waals surface area contributed by atoms with Gasteiger partial charge in [-0.05, 0) is 33.5 Å². The Morgan fingerprint density at radius 2 is 0.773 bits per heavy atom. The maximum absolute atomic E-state index is 5.47. The average Bonchev–Trinajstić information content (AvgIpc) is 2.56. The molecule has 0 aromatic rings. The first kappa shape index (κ1) is 23.6. The molecule has 0 saturated heterocycles. The van der Waals surface area contributed by atoms with Gasteiger partial charge in [0.25, 0.3) is 0 Å². The molecular formula is C10H26O6S4Si2. The van der Waals surface area contributed by atoms with E-state index in [1.807, 2.05) is 13.8 Å². The molecule has 6 nitrogen and oxygen atoms in total. The van der Waals surface area contributed by atoms with E-state index >= 15 is 0 Å². The molecule has 0 spiro atoms. The highest BCUT2D eigenvalue weighted by Crippen LogP contribution is 2.49. The molecule has 0 rings (SSSR count). The van der Waals surface area contributed by atoms with Gasteiger partial charge in [-0.15, -0.1) is 0 Å². The molecule has 0 saturated carbocycles. The maximum atomic E-state index is 5.47. The molecule has 22 heavy (non-hydrogen) atoms. The van der Waals surface area contributed by atoms with E-state index in [9.17, 15) is 0 Å². The van der Waals surface area contributed by atoms with Crippen molar-refractivity contribution in [1.82, 2.24) is 0 Å². The standard InChI is InChI=1S/C10H26O6S4Si2/c1-9(21(11-3,12-4)13-5)17-19-20-18-10(2)22(14-6,15-7)16-8/h9-10H,1-8H3. The molecule has 12 heteroatoms. The second-order valence-corrected chi connectivity index (χ2v) is 18.0. The van der Waals surface area contributed by atoms with Crippen LogP contribution in [0.4, 0.5) is 0 Å². The Morgan fingerprint density at radius 1 is 0.545 bits per heavy atom. The van der Waals surface area contributed by atoms with Crippen LogP contribution in [0.3, 0.4) is 0 Å². The SMILES string of the molecule is CO[Si](OC)(OC)C(C)SSSSC(C)[Si](OC)(OC)OC. The highest BCUT2D eigenvalue weighted by atomic mass is 33.7. The molecule has 0 radical (unpaired) electrons. The molecule has 0 aliphatic heterocycles. The maximum Gasteiger partial charge on any atom is 0.514 e. The summed E-state index contributed by atoms with van der Waals surface area (Å²) in [6, 6.07) is 0. The van der Waals surface area contributed by atoms with E-state index in [1.165, 1.54) is 0 Å². The van der Waals surface area contributed by atoms with E-state index in [-0.39, 0.29) is 9.75 Å². The van der Waals surface area contributed by atoms with Crippen LogP contribution in [-0.4, -0.2) is 70.0 Å². The van der Waals surface area contributed by atoms with Crippen LogP contribution in [0.2, 0.25) is 0 Å². The molecule has 0 aromatic heterocycles. The van der Waals surface area contributed by atoms with Crippen molar-refractivity contribution in [2.24, 2.45) is 0 Å².